The van der Waals surface area contributed by atoms with Crippen molar-refractivity contribution < 1.29 is 57.1 Å². The van der Waals surface area contributed by atoms with E-state index in [1.807, 2.05) is 60.7 Å². The minimum Gasteiger partial charge on any atom is -0.494 e. The van der Waals surface area contributed by atoms with Crippen molar-refractivity contribution >= 4 is 75.3 Å². The van der Waals surface area contributed by atoms with E-state index in [4.69, 9.17) is 43.1 Å². The number of unbranched alkanes of at least 4 members (excludes halogenated alkanes) is 9. The third-order valence-electron chi connectivity index (χ3n) is 11.9. The first-order valence-corrected chi connectivity index (χ1v) is 25.9. The van der Waals surface area contributed by atoms with Gasteiger partial charge in [0.05, 0.1) is 67.7 Å². The molecule has 6 rings (SSSR count). The number of fused-ring (bicyclic) bond motifs is 3. The molecule has 1 heterocycles. The van der Waals surface area contributed by atoms with Gasteiger partial charge in [-0.25, -0.2) is 29.0 Å². The number of aliphatic imine (C=N–C) groups is 2. The van der Waals surface area contributed by atoms with Crippen LogP contribution in [0.2, 0.25) is 0 Å². The first-order chi connectivity index (χ1) is 37.6. The van der Waals surface area contributed by atoms with Gasteiger partial charge in [-0.15, -0.1) is 0 Å². The lowest BCUT2D eigenvalue weighted by Gasteiger charge is -2.13. The summed E-state index contributed by atoms with van der Waals surface area (Å²) in [4.78, 5) is 73.3. The third-order valence-corrected chi connectivity index (χ3v) is 11.9. The maximum absolute atomic E-state index is 12.7. The molecule has 0 saturated carbocycles. The van der Waals surface area contributed by atoms with Gasteiger partial charge < -0.3 is 33.2 Å². The van der Waals surface area contributed by atoms with Crippen molar-refractivity contribution in [2.24, 2.45) is 9.98 Å². The Balaban J connectivity index is 1.10. The molecule has 0 unspecified atom stereocenters. The van der Waals surface area contributed by atoms with Crippen molar-refractivity contribution in [2.75, 3.05) is 39.6 Å². The van der Waals surface area contributed by atoms with Crippen LogP contribution in [0.3, 0.4) is 0 Å². The predicted molar refractivity (Wildman–Crippen MR) is 298 cm³/mol. The minimum absolute atomic E-state index is 0.293. The average Bonchev–Trinajstić information content (AvgIpc) is 3.46. The van der Waals surface area contributed by atoms with Crippen molar-refractivity contribution in [3.05, 3.63) is 169 Å². The quantitative estimate of drug-likeness (QED) is 0.00946. The van der Waals surface area contributed by atoms with Crippen LogP contribution in [0, 0.1) is 0 Å². The van der Waals surface area contributed by atoms with Crippen molar-refractivity contribution in [1.29, 1.82) is 0 Å². The molecule has 0 spiro atoms. The van der Waals surface area contributed by atoms with Crippen LogP contribution in [0.25, 0.3) is 21.7 Å². The van der Waals surface area contributed by atoms with Crippen LogP contribution in [-0.2, 0) is 38.1 Å². The molecule has 0 fully saturated rings. The molecule has 5 aromatic carbocycles. The second-order valence-electron chi connectivity index (χ2n) is 17.7. The van der Waals surface area contributed by atoms with E-state index in [0.29, 0.717) is 97.9 Å². The largest absolute Gasteiger partial charge is 0.494 e. The van der Waals surface area contributed by atoms with E-state index < -0.39 is 29.8 Å². The summed E-state index contributed by atoms with van der Waals surface area (Å²) in [6.07, 6.45) is 16.7. The standard InChI is InChI=1S/C62H65N3O12/c1-4-57(66)72-36-14-8-7-13-35-71-51-29-31-52(32-30-51)77-60-55-41-45(43-63-49-25-21-47(22-26-49)61(69)75-39-17-11-9-15-37-73-58(67)5-2)19-33-53(55)54-34-20-46(42-56(54)65-60)44-64-50-27-23-48(24-28-50)62(70)76-40-18-12-10-16-38-74-59(68)6-3/h4-6,19-34,41-44H,1-3,7-18,35-40H2. The summed E-state index contributed by atoms with van der Waals surface area (Å²) in [5.74, 6) is -0.440. The van der Waals surface area contributed by atoms with E-state index in [9.17, 15) is 24.0 Å². The molecule has 0 aliphatic heterocycles. The van der Waals surface area contributed by atoms with E-state index >= 15 is 0 Å². The van der Waals surface area contributed by atoms with E-state index in [1.165, 1.54) is 0 Å². The SMILES string of the molecule is C=CC(=O)OCCCCCCOC(=O)c1ccc(N=Cc2ccc3c(c2)nc(Oc2ccc(OCCCCCCOC(=O)C=C)cc2)c2cc(C=Nc4ccc(C(=O)OCCCCCCOC(=O)C=C)cc4)ccc23)cc1. The molecule has 0 bridgehead atoms. The van der Waals surface area contributed by atoms with Gasteiger partial charge in [-0.05, 0) is 178 Å². The summed E-state index contributed by atoms with van der Waals surface area (Å²) in [7, 11) is 0. The molecule has 6 aromatic rings. The fourth-order valence-electron chi connectivity index (χ4n) is 7.69. The Labute approximate surface area is 449 Å². The smallest absolute Gasteiger partial charge is 0.338 e. The minimum atomic E-state index is -0.432. The highest BCUT2D eigenvalue weighted by Crippen LogP contribution is 2.35. The van der Waals surface area contributed by atoms with Crippen LogP contribution in [0.15, 0.2) is 157 Å². The number of aromatic nitrogens is 1. The van der Waals surface area contributed by atoms with Gasteiger partial charge in [0.2, 0.25) is 5.88 Å². The van der Waals surface area contributed by atoms with Gasteiger partial charge in [-0.3, -0.25) is 9.98 Å². The number of nitrogens with zero attached hydrogens (tertiary/aromatic N) is 3. The number of hydrogen-bond acceptors (Lipinski definition) is 15. The van der Waals surface area contributed by atoms with Gasteiger partial charge in [-0.2, -0.15) is 0 Å². The van der Waals surface area contributed by atoms with Crippen LogP contribution in [-0.4, -0.2) is 86.9 Å². The Kier molecular flexibility index (Phi) is 23.8. The van der Waals surface area contributed by atoms with Gasteiger partial charge in [0.15, 0.2) is 0 Å². The van der Waals surface area contributed by atoms with Crippen LogP contribution in [0.5, 0.6) is 17.4 Å². The second kappa shape index (κ2) is 31.9. The van der Waals surface area contributed by atoms with E-state index in [-0.39, 0.29) is 0 Å². The zero-order valence-electron chi connectivity index (χ0n) is 43.4. The highest BCUT2D eigenvalue weighted by molar-refractivity contribution is 6.10. The molecule has 0 saturated heterocycles. The molecule has 1 aromatic heterocycles. The van der Waals surface area contributed by atoms with Crippen LogP contribution < -0.4 is 9.47 Å². The van der Waals surface area contributed by atoms with Crippen LogP contribution in [0.4, 0.5) is 11.4 Å². The Bertz CT molecular complexity index is 3000. The maximum Gasteiger partial charge on any atom is 0.338 e. The first kappa shape index (κ1) is 57.6. The molecule has 0 amide bonds. The number of ether oxygens (including phenoxy) is 7. The highest BCUT2D eigenvalue weighted by atomic mass is 16.5. The molecule has 0 atom stereocenters. The maximum atomic E-state index is 12.7. The van der Waals surface area contributed by atoms with Crippen molar-refractivity contribution in [3.8, 4) is 17.4 Å². The molecule has 400 valence electrons. The topological polar surface area (TPSA) is 188 Å². The Morgan fingerprint density at radius 2 is 0.818 bits per heavy atom. The third kappa shape index (κ3) is 19.8. The number of pyridine rings is 1. The molecule has 15 heteroatoms. The van der Waals surface area contributed by atoms with Gasteiger partial charge in [0.25, 0.3) is 0 Å². The van der Waals surface area contributed by atoms with Crippen molar-refractivity contribution in [2.45, 2.75) is 77.0 Å². The molecule has 0 radical (unpaired) electrons. The number of benzene rings is 5. The molecule has 77 heavy (non-hydrogen) atoms. The molecular formula is C62H65N3O12. The summed E-state index contributed by atoms with van der Waals surface area (Å²) in [6.45, 7) is 12.4. The van der Waals surface area contributed by atoms with E-state index in [0.717, 1.165) is 110 Å². The fraction of sp³-hybridized carbons (Fsp3) is 0.290. The summed E-state index contributed by atoms with van der Waals surface area (Å²) in [5, 5.41) is 2.58. The molecule has 0 N–H and O–H groups in total. The normalized spacial score (nSPS) is 11.1. The van der Waals surface area contributed by atoms with Crippen LogP contribution >= 0.6 is 0 Å². The highest BCUT2D eigenvalue weighted by Gasteiger charge is 2.14. The fourth-order valence-corrected chi connectivity index (χ4v) is 7.69. The van der Waals surface area contributed by atoms with Crippen molar-refractivity contribution in [1.82, 2.24) is 4.98 Å². The lowest BCUT2D eigenvalue weighted by molar-refractivity contribution is -0.138. The molecule has 0 aliphatic carbocycles. The van der Waals surface area contributed by atoms with Crippen molar-refractivity contribution in [3.63, 3.8) is 0 Å². The van der Waals surface area contributed by atoms with E-state index in [2.05, 4.69) is 24.7 Å². The molecule has 0 aliphatic rings. The van der Waals surface area contributed by atoms with E-state index in [1.54, 1.807) is 61.0 Å². The molecular weight excluding hydrogens is 979 g/mol. The summed E-state index contributed by atoms with van der Waals surface area (Å²) in [5.41, 5.74) is 4.44. The number of esters is 5. The predicted octanol–water partition coefficient (Wildman–Crippen LogP) is 13.2. The van der Waals surface area contributed by atoms with Gasteiger partial charge in [-0.1, -0.05) is 44.0 Å². The Hall–Kier alpha value is -8.72. The monoisotopic (exact) mass is 1040 g/mol. The zero-order chi connectivity index (χ0) is 54.5. The van der Waals surface area contributed by atoms with Gasteiger partial charge in [0, 0.05) is 41.4 Å². The number of carbonyl (C=O) groups is 5. The first-order valence-electron chi connectivity index (χ1n) is 25.9. The summed E-state index contributed by atoms with van der Waals surface area (Å²) >= 11 is 0. The number of carbonyl (C=O) groups excluding carboxylic acids is 5. The lowest BCUT2D eigenvalue weighted by atomic mass is 10.0. The molecule has 15 nitrogen and oxygen atoms in total. The Morgan fingerprint density at radius 3 is 1.27 bits per heavy atom. The number of hydrogen-bond donors (Lipinski definition) is 0. The second-order valence-corrected chi connectivity index (χ2v) is 17.7. The number of rotatable bonds is 33. The van der Waals surface area contributed by atoms with Crippen LogP contribution in [0.1, 0.15) is 109 Å². The van der Waals surface area contributed by atoms with Gasteiger partial charge >= 0.3 is 29.8 Å². The lowest BCUT2D eigenvalue weighted by Crippen LogP contribution is -2.06. The average molecular weight is 1040 g/mol. The Morgan fingerprint density at radius 1 is 0.416 bits per heavy atom. The summed E-state index contributed by atoms with van der Waals surface area (Å²) in [6, 6.07) is 33.1. The zero-order valence-corrected chi connectivity index (χ0v) is 43.4. The van der Waals surface area contributed by atoms with Gasteiger partial charge in [0.1, 0.15) is 11.5 Å². The summed E-state index contributed by atoms with van der Waals surface area (Å²) < 4.78 is 38.5.